The summed E-state index contributed by atoms with van der Waals surface area (Å²) in [5.41, 5.74) is 1.44. The lowest BCUT2D eigenvalue weighted by atomic mass is 9.82. The van der Waals surface area contributed by atoms with E-state index < -0.39 is 11.9 Å². The van der Waals surface area contributed by atoms with Gasteiger partial charge in [0.05, 0.1) is 11.4 Å². The summed E-state index contributed by atoms with van der Waals surface area (Å²) in [4.78, 5) is 23.1. The van der Waals surface area contributed by atoms with Crippen molar-refractivity contribution in [2.45, 2.75) is 18.8 Å². The van der Waals surface area contributed by atoms with Gasteiger partial charge in [0.25, 0.3) is 0 Å². The third-order valence-corrected chi connectivity index (χ3v) is 3.86. The van der Waals surface area contributed by atoms with Crippen LogP contribution in [0.2, 0.25) is 0 Å². The summed E-state index contributed by atoms with van der Waals surface area (Å²) in [5, 5.41) is 9.29. The zero-order valence-corrected chi connectivity index (χ0v) is 11.6. The van der Waals surface area contributed by atoms with Crippen molar-refractivity contribution in [2.24, 2.45) is 5.92 Å². The molecule has 19 heavy (non-hydrogen) atoms. The number of aromatic nitrogens is 3. The van der Waals surface area contributed by atoms with Crippen LogP contribution in [-0.4, -0.2) is 26.0 Å². The fourth-order valence-electron chi connectivity index (χ4n) is 2.46. The molecule has 2 atom stereocenters. The molecule has 0 aliphatic heterocycles. The Morgan fingerprint density at radius 1 is 1.42 bits per heavy atom. The van der Waals surface area contributed by atoms with Gasteiger partial charge in [0.15, 0.2) is 5.65 Å². The number of rotatable bonds is 2. The monoisotopic (exact) mass is 321 g/mol. The molecule has 2 aromatic rings. The molecule has 1 aliphatic carbocycles. The molecule has 1 aliphatic rings. The number of carboxylic acid groups (broad SMARTS) is 1. The lowest BCUT2D eigenvalue weighted by molar-refractivity contribution is -0.142. The predicted molar refractivity (Wildman–Crippen MR) is 73.8 cm³/mol. The molecule has 0 spiro atoms. The second-order valence-electron chi connectivity index (χ2n) is 4.64. The van der Waals surface area contributed by atoms with E-state index >= 15 is 0 Å². The number of carboxylic acids is 1. The van der Waals surface area contributed by atoms with Crippen LogP contribution in [0, 0.1) is 5.92 Å². The van der Waals surface area contributed by atoms with Crippen LogP contribution in [0.25, 0.3) is 11.2 Å². The van der Waals surface area contributed by atoms with Crippen molar-refractivity contribution < 1.29 is 9.90 Å². The van der Waals surface area contributed by atoms with E-state index in [4.69, 9.17) is 0 Å². The minimum Gasteiger partial charge on any atom is -0.481 e. The molecule has 0 saturated heterocycles. The highest BCUT2D eigenvalue weighted by Crippen LogP contribution is 2.34. The highest BCUT2D eigenvalue weighted by molar-refractivity contribution is 9.10. The topological polar surface area (TPSA) is 78.9 Å². The number of allylic oxidation sites excluding steroid dienone is 2. The number of hydrogen-bond acceptors (Lipinski definition) is 3. The number of imidazole rings is 1. The summed E-state index contributed by atoms with van der Waals surface area (Å²) < 4.78 is 0.869. The standard InChI is InChI=1S/C13H12BrN3O2/c14-7-5-10-12(15-6-7)17-11(16-10)8-3-1-2-4-9(8)13(18)19/h1-2,5-6,8-9H,3-4H2,(H,18,19)(H,15,16,17)/t8-,9+/m1/s1. The number of H-pyrrole nitrogens is 1. The van der Waals surface area contributed by atoms with Gasteiger partial charge in [-0.2, -0.15) is 0 Å². The van der Waals surface area contributed by atoms with Crippen LogP contribution in [0.3, 0.4) is 0 Å². The van der Waals surface area contributed by atoms with Gasteiger partial charge in [0.2, 0.25) is 0 Å². The van der Waals surface area contributed by atoms with E-state index in [1.165, 1.54) is 0 Å². The SMILES string of the molecule is O=C(O)[C@H]1CC=CC[C@H]1c1nc2ncc(Br)cc2[nH]1. The van der Waals surface area contributed by atoms with Crippen molar-refractivity contribution in [3.63, 3.8) is 0 Å². The van der Waals surface area contributed by atoms with E-state index in [-0.39, 0.29) is 5.92 Å². The number of aliphatic carboxylic acids is 1. The Kier molecular flexibility index (Phi) is 3.10. The first kappa shape index (κ1) is 12.3. The summed E-state index contributed by atoms with van der Waals surface area (Å²) >= 11 is 3.36. The summed E-state index contributed by atoms with van der Waals surface area (Å²) in [6.07, 6.45) is 6.86. The minimum absolute atomic E-state index is 0.115. The van der Waals surface area contributed by atoms with Gasteiger partial charge in [-0.1, -0.05) is 12.2 Å². The zero-order chi connectivity index (χ0) is 13.4. The predicted octanol–water partition coefficient (Wildman–Crippen LogP) is 2.85. The van der Waals surface area contributed by atoms with Crippen LogP contribution in [0.5, 0.6) is 0 Å². The van der Waals surface area contributed by atoms with Crippen molar-refractivity contribution in [1.29, 1.82) is 0 Å². The Labute approximate surface area is 117 Å². The number of nitrogens with zero attached hydrogens (tertiary/aromatic N) is 2. The van der Waals surface area contributed by atoms with Gasteiger partial charge in [-0.05, 0) is 34.8 Å². The van der Waals surface area contributed by atoms with Crippen molar-refractivity contribution in [1.82, 2.24) is 15.0 Å². The van der Waals surface area contributed by atoms with E-state index in [1.807, 2.05) is 18.2 Å². The van der Waals surface area contributed by atoms with Crippen LogP contribution >= 0.6 is 15.9 Å². The number of carbonyl (C=O) groups is 1. The third-order valence-electron chi connectivity index (χ3n) is 3.42. The number of aromatic amines is 1. The van der Waals surface area contributed by atoms with E-state index in [1.54, 1.807) is 6.20 Å². The van der Waals surface area contributed by atoms with E-state index in [2.05, 4.69) is 30.9 Å². The van der Waals surface area contributed by atoms with Crippen LogP contribution in [-0.2, 0) is 4.79 Å². The molecule has 0 bridgehead atoms. The largest absolute Gasteiger partial charge is 0.481 e. The van der Waals surface area contributed by atoms with Crippen LogP contribution in [0.4, 0.5) is 0 Å². The number of nitrogens with one attached hydrogen (secondary N) is 1. The Morgan fingerprint density at radius 2 is 2.21 bits per heavy atom. The number of fused-ring (bicyclic) bond motifs is 1. The summed E-state index contributed by atoms with van der Waals surface area (Å²) in [6.45, 7) is 0. The molecule has 5 nitrogen and oxygen atoms in total. The van der Waals surface area contributed by atoms with Crippen molar-refractivity contribution in [2.75, 3.05) is 0 Å². The highest BCUT2D eigenvalue weighted by atomic mass is 79.9. The molecule has 0 saturated carbocycles. The fourth-order valence-corrected chi connectivity index (χ4v) is 2.79. The molecule has 6 heteroatoms. The average Bonchev–Trinajstić information content (AvgIpc) is 2.81. The summed E-state index contributed by atoms with van der Waals surface area (Å²) in [5.74, 6) is -0.606. The quantitative estimate of drug-likeness (QED) is 0.833. The smallest absolute Gasteiger partial charge is 0.307 e. The Balaban J connectivity index is 2.02. The average molecular weight is 322 g/mol. The molecule has 0 radical (unpaired) electrons. The summed E-state index contributed by atoms with van der Waals surface area (Å²) in [7, 11) is 0. The van der Waals surface area contributed by atoms with Gasteiger partial charge in [0.1, 0.15) is 5.82 Å². The first-order chi connectivity index (χ1) is 9.15. The molecule has 0 unspecified atom stereocenters. The van der Waals surface area contributed by atoms with Crippen LogP contribution < -0.4 is 0 Å². The molecular weight excluding hydrogens is 310 g/mol. The third kappa shape index (κ3) is 2.28. The van der Waals surface area contributed by atoms with Crippen LogP contribution in [0.1, 0.15) is 24.6 Å². The molecule has 0 amide bonds. The molecule has 2 N–H and O–H groups in total. The molecule has 2 heterocycles. The molecule has 2 aromatic heterocycles. The van der Waals surface area contributed by atoms with E-state index in [9.17, 15) is 9.90 Å². The normalized spacial score (nSPS) is 22.8. The maximum atomic E-state index is 11.3. The van der Waals surface area contributed by atoms with Gasteiger partial charge >= 0.3 is 5.97 Å². The van der Waals surface area contributed by atoms with E-state index in [0.717, 1.165) is 9.99 Å². The van der Waals surface area contributed by atoms with Gasteiger partial charge < -0.3 is 10.1 Å². The van der Waals surface area contributed by atoms with Crippen molar-refractivity contribution in [3.05, 3.63) is 34.7 Å². The molecule has 3 rings (SSSR count). The van der Waals surface area contributed by atoms with Gasteiger partial charge in [-0.3, -0.25) is 4.79 Å². The Bertz CT molecular complexity index is 665. The lowest BCUT2D eigenvalue weighted by Crippen LogP contribution is -2.24. The van der Waals surface area contributed by atoms with Crippen molar-refractivity contribution >= 4 is 33.1 Å². The fraction of sp³-hybridized carbons (Fsp3) is 0.308. The van der Waals surface area contributed by atoms with Gasteiger partial charge in [-0.25, -0.2) is 9.97 Å². The van der Waals surface area contributed by atoms with Gasteiger partial charge in [-0.15, -0.1) is 0 Å². The maximum Gasteiger partial charge on any atom is 0.307 e. The van der Waals surface area contributed by atoms with E-state index in [0.29, 0.717) is 24.3 Å². The highest BCUT2D eigenvalue weighted by Gasteiger charge is 2.32. The second kappa shape index (κ2) is 4.77. The van der Waals surface area contributed by atoms with Crippen molar-refractivity contribution in [3.8, 4) is 0 Å². The summed E-state index contributed by atoms with van der Waals surface area (Å²) in [6, 6.07) is 1.90. The lowest BCUT2D eigenvalue weighted by Gasteiger charge is -2.23. The molecular formula is C13H12BrN3O2. The van der Waals surface area contributed by atoms with Gasteiger partial charge in [0, 0.05) is 16.6 Å². The minimum atomic E-state index is -0.774. The number of pyridine rings is 1. The Hall–Kier alpha value is -1.69. The maximum absolute atomic E-state index is 11.3. The Morgan fingerprint density at radius 3 is 3.00 bits per heavy atom. The number of halogens is 1. The van der Waals surface area contributed by atoms with Crippen LogP contribution in [0.15, 0.2) is 28.9 Å². The first-order valence-electron chi connectivity index (χ1n) is 6.04. The zero-order valence-electron chi connectivity index (χ0n) is 10.0. The first-order valence-corrected chi connectivity index (χ1v) is 6.83. The molecule has 98 valence electrons. The molecule has 0 fully saturated rings. The second-order valence-corrected chi connectivity index (χ2v) is 5.56. The molecule has 0 aromatic carbocycles. The number of hydrogen-bond donors (Lipinski definition) is 2.